The Balaban J connectivity index is 2.29. The largest absolute Gasteiger partial charge is 0.275 e. The van der Waals surface area contributed by atoms with Gasteiger partial charge in [0.05, 0.1) is 10.5 Å². The van der Waals surface area contributed by atoms with Crippen molar-refractivity contribution in [3.8, 4) is 0 Å². The van der Waals surface area contributed by atoms with Gasteiger partial charge >= 0.3 is 0 Å². The van der Waals surface area contributed by atoms with E-state index in [1.807, 2.05) is 0 Å². The average molecular weight is 306 g/mol. The third-order valence-corrected chi connectivity index (χ3v) is 4.86. The number of rotatable bonds is 4. The van der Waals surface area contributed by atoms with Gasteiger partial charge in [-0.05, 0) is 42.6 Å². The number of sulfonamides is 1. The molecule has 1 aliphatic carbocycles. The van der Waals surface area contributed by atoms with Gasteiger partial charge in [-0.3, -0.25) is 4.79 Å². The zero-order valence-electron chi connectivity index (χ0n) is 10.0. The van der Waals surface area contributed by atoms with E-state index in [9.17, 15) is 17.6 Å². The highest BCUT2D eigenvalue weighted by Gasteiger charge is 2.24. The summed E-state index contributed by atoms with van der Waals surface area (Å²) in [6.07, 6.45) is 3.56. The molecule has 1 aromatic rings. The second-order valence-electron chi connectivity index (χ2n) is 4.52. The molecule has 0 radical (unpaired) electrons. The van der Waals surface area contributed by atoms with E-state index in [0.717, 1.165) is 43.9 Å². The number of hydrogen-bond donors (Lipinski definition) is 1. The first-order chi connectivity index (χ1) is 8.90. The first-order valence-electron chi connectivity index (χ1n) is 5.92. The monoisotopic (exact) mass is 305 g/mol. The maximum Gasteiger partial charge on any atom is 0.255 e. The summed E-state index contributed by atoms with van der Waals surface area (Å²) < 4.78 is 40.0. The van der Waals surface area contributed by atoms with Crippen LogP contribution in [0.15, 0.2) is 23.1 Å². The Labute approximate surface area is 116 Å². The summed E-state index contributed by atoms with van der Waals surface area (Å²) in [4.78, 5) is 10.9. The number of nitrogens with one attached hydrogen (secondary N) is 1. The highest BCUT2D eigenvalue weighted by atomic mass is 35.5. The van der Waals surface area contributed by atoms with Crippen LogP contribution in [0.1, 0.15) is 36.0 Å². The minimum absolute atomic E-state index is 0.0924. The van der Waals surface area contributed by atoms with Crippen LogP contribution in [-0.4, -0.2) is 19.7 Å². The molecule has 7 heteroatoms. The second kappa shape index (κ2) is 5.56. The molecule has 1 N–H and O–H groups in total. The maximum atomic E-state index is 13.3. The lowest BCUT2D eigenvalue weighted by molar-refractivity contribution is 0.107. The number of hydrogen-bond acceptors (Lipinski definition) is 3. The molecule has 1 saturated carbocycles. The van der Waals surface area contributed by atoms with Gasteiger partial charge in [0.1, 0.15) is 5.82 Å². The molecule has 0 amide bonds. The van der Waals surface area contributed by atoms with Crippen LogP contribution in [0.25, 0.3) is 0 Å². The molecule has 104 valence electrons. The summed E-state index contributed by atoms with van der Waals surface area (Å²) in [5.41, 5.74) is -0.434. The SMILES string of the molecule is O=C(Cl)c1cc(S(=O)(=O)NC2CCCC2)ccc1F. The molecule has 0 aromatic heterocycles. The fraction of sp³-hybridized carbons (Fsp3) is 0.417. The van der Waals surface area contributed by atoms with Crippen molar-refractivity contribution in [1.82, 2.24) is 4.72 Å². The lowest BCUT2D eigenvalue weighted by Gasteiger charge is -2.13. The van der Waals surface area contributed by atoms with E-state index in [0.29, 0.717) is 0 Å². The molecule has 0 aliphatic heterocycles. The lowest BCUT2D eigenvalue weighted by Crippen LogP contribution is -2.32. The molecular formula is C12H13ClFNO3S. The van der Waals surface area contributed by atoms with Crippen LogP contribution < -0.4 is 4.72 Å². The van der Waals surface area contributed by atoms with Crippen molar-refractivity contribution in [3.63, 3.8) is 0 Å². The van der Waals surface area contributed by atoms with Crippen LogP contribution in [0.3, 0.4) is 0 Å². The predicted molar refractivity (Wildman–Crippen MR) is 69.2 cm³/mol. The van der Waals surface area contributed by atoms with Crippen LogP contribution in [0.4, 0.5) is 4.39 Å². The zero-order valence-corrected chi connectivity index (χ0v) is 11.6. The maximum absolute atomic E-state index is 13.3. The third kappa shape index (κ3) is 3.32. The van der Waals surface area contributed by atoms with E-state index < -0.39 is 26.6 Å². The van der Waals surface area contributed by atoms with Crippen molar-refractivity contribution >= 4 is 26.9 Å². The quantitative estimate of drug-likeness (QED) is 0.869. The van der Waals surface area contributed by atoms with Crippen LogP contribution in [0, 0.1) is 5.82 Å². The number of benzene rings is 1. The number of carbonyl (C=O) groups excluding carboxylic acids is 1. The van der Waals surface area contributed by atoms with Crippen molar-refractivity contribution in [1.29, 1.82) is 0 Å². The van der Waals surface area contributed by atoms with Gasteiger partial charge in [-0.25, -0.2) is 17.5 Å². The fourth-order valence-electron chi connectivity index (χ4n) is 2.15. The van der Waals surface area contributed by atoms with E-state index >= 15 is 0 Å². The molecule has 2 rings (SSSR count). The summed E-state index contributed by atoms with van der Waals surface area (Å²) in [7, 11) is -3.74. The molecule has 0 unspecified atom stereocenters. The van der Waals surface area contributed by atoms with E-state index in [1.54, 1.807) is 0 Å². The van der Waals surface area contributed by atoms with Gasteiger partial charge in [0.2, 0.25) is 10.0 Å². The molecule has 0 bridgehead atoms. The first kappa shape index (κ1) is 14.4. The van der Waals surface area contributed by atoms with E-state index in [-0.39, 0.29) is 10.9 Å². The molecule has 19 heavy (non-hydrogen) atoms. The molecule has 1 aliphatic rings. The van der Waals surface area contributed by atoms with Crippen LogP contribution in [0.2, 0.25) is 0 Å². The normalized spacial score (nSPS) is 16.7. The minimum atomic E-state index is -3.74. The third-order valence-electron chi connectivity index (χ3n) is 3.14. The van der Waals surface area contributed by atoms with Crippen molar-refractivity contribution in [2.75, 3.05) is 0 Å². The second-order valence-corrected chi connectivity index (χ2v) is 6.58. The van der Waals surface area contributed by atoms with Crippen molar-refractivity contribution in [2.45, 2.75) is 36.6 Å². The molecule has 1 aromatic carbocycles. The zero-order chi connectivity index (χ0) is 14.0. The number of carbonyl (C=O) groups is 1. The van der Waals surface area contributed by atoms with Gasteiger partial charge in [-0.2, -0.15) is 0 Å². The fourth-order valence-corrected chi connectivity index (χ4v) is 3.63. The molecule has 4 nitrogen and oxygen atoms in total. The summed E-state index contributed by atoms with van der Waals surface area (Å²) >= 11 is 5.21. The summed E-state index contributed by atoms with van der Waals surface area (Å²) in [5.74, 6) is -0.834. The molecule has 1 fully saturated rings. The molecular weight excluding hydrogens is 293 g/mol. The predicted octanol–water partition coefficient (Wildman–Crippen LogP) is 2.43. The average Bonchev–Trinajstić information content (AvgIpc) is 2.80. The highest BCUT2D eigenvalue weighted by Crippen LogP contribution is 2.22. The minimum Gasteiger partial charge on any atom is -0.275 e. The van der Waals surface area contributed by atoms with E-state index in [2.05, 4.69) is 4.72 Å². The number of halogens is 2. The Morgan fingerprint density at radius 2 is 1.95 bits per heavy atom. The van der Waals surface area contributed by atoms with Gasteiger partial charge < -0.3 is 0 Å². The molecule has 0 spiro atoms. The topological polar surface area (TPSA) is 63.2 Å². The molecule has 0 atom stereocenters. The van der Waals surface area contributed by atoms with Crippen molar-refractivity contribution < 1.29 is 17.6 Å². The summed E-state index contributed by atoms with van der Waals surface area (Å²) in [6, 6.07) is 2.92. The van der Waals surface area contributed by atoms with Gasteiger partial charge in [-0.15, -0.1) is 0 Å². The summed E-state index contributed by atoms with van der Waals surface area (Å²) in [5, 5.41) is -1.02. The van der Waals surface area contributed by atoms with Crippen LogP contribution in [0.5, 0.6) is 0 Å². The van der Waals surface area contributed by atoms with Gasteiger partial charge in [0.15, 0.2) is 0 Å². The summed E-state index contributed by atoms with van der Waals surface area (Å²) in [6.45, 7) is 0. The molecule has 0 saturated heterocycles. The first-order valence-corrected chi connectivity index (χ1v) is 7.78. The van der Waals surface area contributed by atoms with Crippen molar-refractivity contribution in [3.05, 3.63) is 29.6 Å². The highest BCUT2D eigenvalue weighted by molar-refractivity contribution is 7.89. The van der Waals surface area contributed by atoms with Crippen LogP contribution in [-0.2, 0) is 10.0 Å². The van der Waals surface area contributed by atoms with Gasteiger partial charge in [0, 0.05) is 6.04 Å². The van der Waals surface area contributed by atoms with Crippen molar-refractivity contribution in [2.24, 2.45) is 0 Å². The van der Waals surface area contributed by atoms with Gasteiger partial charge in [-0.1, -0.05) is 12.8 Å². The molecule has 0 heterocycles. The lowest BCUT2D eigenvalue weighted by atomic mass is 10.2. The smallest absolute Gasteiger partial charge is 0.255 e. The Hall–Kier alpha value is -0.980. The van der Waals surface area contributed by atoms with Crippen LogP contribution >= 0.6 is 11.6 Å². The van der Waals surface area contributed by atoms with E-state index in [1.165, 1.54) is 0 Å². The van der Waals surface area contributed by atoms with E-state index in [4.69, 9.17) is 11.6 Å². The Bertz CT molecular complexity index is 597. The Morgan fingerprint density at radius 1 is 1.32 bits per heavy atom. The van der Waals surface area contributed by atoms with Gasteiger partial charge in [0.25, 0.3) is 5.24 Å². The Morgan fingerprint density at radius 3 is 2.53 bits per heavy atom. The Kier molecular flexibility index (Phi) is 4.23. The standard InChI is InChI=1S/C12H13ClFNO3S/c13-12(16)10-7-9(5-6-11(10)14)19(17,18)15-8-3-1-2-4-8/h5-8,15H,1-4H2.